The summed E-state index contributed by atoms with van der Waals surface area (Å²) in [5.74, 6) is -0.917. The van der Waals surface area contributed by atoms with Crippen LogP contribution in [0.4, 0.5) is 0 Å². The number of likely N-dealkylation sites (N-methyl/N-ethyl adjacent to an activating group) is 1. The molecule has 5 nitrogen and oxygen atoms in total. The molecule has 26 heavy (non-hydrogen) atoms. The lowest BCUT2D eigenvalue weighted by atomic mass is 9.81. The van der Waals surface area contributed by atoms with Crippen LogP contribution in [0.1, 0.15) is 50.2 Å². The molecule has 1 saturated carbocycles. The van der Waals surface area contributed by atoms with Crippen molar-refractivity contribution in [2.24, 2.45) is 0 Å². The van der Waals surface area contributed by atoms with Gasteiger partial charge in [0.05, 0.1) is 6.07 Å². The highest BCUT2D eigenvalue weighted by molar-refractivity contribution is 5.90. The second-order valence-electron chi connectivity index (χ2n) is 6.92. The zero-order valence-electron chi connectivity index (χ0n) is 15.7. The lowest BCUT2D eigenvalue weighted by Gasteiger charge is -2.39. The number of carbonyl (C=O) groups excluding carboxylic acids is 2. The van der Waals surface area contributed by atoms with Gasteiger partial charge in [-0.15, -0.1) is 0 Å². The summed E-state index contributed by atoms with van der Waals surface area (Å²) >= 11 is 0. The molecule has 1 fully saturated rings. The van der Waals surface area contributed by atoms with Gasteiger partial charge in [-0.3, -0.25) is 4.79 Å². The van der Waals surface area contributed by atoms with Crippen molar-refractivity contribution in [2.45, 2.75) is 57.6 Å². The third-order valence-electron chi connectivity index (χ3n) is 4.99. The fourth-order valence-corrected chi connectivity index (χ4v) is 3.25. The van der Waals surface area contributed by atoms with Crippen molar-refractivity contribution in [1.29, 1.82) is 5.26 Å². The van der Waals surface area contributed by atoms with Crippen LogP contribution in [0.25, 0.3) is 6.08 Å². The molecule has 1 aliphatic carbocycles. The number of hydrogen-bond acceptors (Lipinski definition) is 4. The van der Waals surface area contributed by atoms with Crippen LogP contribution in [-0.4, -0.2) is 35.5 Å². The Morgan fingerprint density at radius 1 is 1.23 bits per heavy atom. The van der Waals surface area contributed by atoms with Gasteiger partial charge in [-0.05, 0) is 38.3 Å². The number of nitrogens with zero attached hydrogens (tertiary/aromatic N) is 2. The van der Waals surface area contributed by atoms with Crippen molar-refractivity contribution in [3.8, 4) is 6.07 Å². The Balaban J connectivity index is 1.96. The van der Waals surface area contributed by atoms with Crippen molar-refractivity contribution in [3.05, 3.63) is 41.5 Å². The molecule has 0 aliphatic heterocycles. The van der Waals surface area contributed by atoms with Crippen molar-refractivity contribution in [2.75, 3.05) is 7.05 Å². The minimum absolute atomic E-state index is 0.342. The van der Waals surface area contributed by atoms with Crippen LogP contribution >= 0.6 is 0 Å². The summed E-state index contributed by atoms with van der Waals surface area (Å²) in [6.45, 7) is 3.54. The number of carbonyl (C=O) groups is 2. The first kappa shape index (κ1) is 19.7. The Hall–Kier alpha value is -2.61. The molecular formula is C21H26N2O3. The average Bonchev–Trinajstić information content (AvgIpc) is 2.66. The fraction of sp³-hybridized carbons (Fsp3) is 0.476. The van der Waals surface area contributed by atoms with E-state index in [1.165, 1.54) is 11.0 Å². The standard InChI is InChI=1S/C21H26N2O3/c1-16-7-9-18(10-8-16)11-12-19(24)26-17(2)20(25)23(3)21(15-22)13-5-4-6-14-21/h7-12,17H,4-6,13-14H2,1-3H3/b12-11+/t17-/m1/s1. The Morgan fingerprint density at radius 3 is 2.42 bits per heavy atom. The Labute approximate surface area is 155 Å². The van der Waals surface area contributed by atoms with Gasteiger partial charge in [-0.2, -0.15) is 5.26 Å². The first-order chi connectivity index (χ1) is 12.4. The molecule has 2 rings (SSSR count). The predicted octanol–water partition coefficient (Wildman–Crippen LogP) is 3.62. The molecular weight excluding hydrogens is 328 g/mol. The van der Waals surface area contributed by atoms with E-state index in [9.17, 15) is 14.9 Å². The Morgan fingerprint density at radius 2 is 1.85 bits per heavy atom. The van der Waals surface area contributed by atoms with Gasteiger partial charge >= 0.3 is 5.97 Å². The predicted molar refractivity (Wildman–Crippen MR) is 100.0 cm³/mol. The molecule has 0 radical (unpaired) electrons. The van der Waals surface area contributed by atoms with E-state index in [0.29, 0.717) is 12.8 Å². The van der Waals surface area contributed by atoms with Crippen LogP contribution < -0.4 is 0 Å². The number of hydrogen-bond donors (Lipinski definition) is 0. The third kappa shape index (κ3) is 4.72. The van der Waals surface area contributed by atoms with Crippen LogP contribution in [0.5, 0.6) is 0 Å². The molecule has 0 unspecified atom stereocenters. The van der Waals surface area contributed by atoms with E-state index >= 15 is 0 Å². The highest BCUT2D eigenvalue weighted by Crippen LogP contribution is 2.32. The number of esters is 1. The molecule has 1 aromatic rings. The van der Waals surface area contributed by atoms with Gasteiger partial charge in [0.25, 0.3) is 5.91 Å². The Kier molecular flexibility index (Phi) is 6.57. The SMILES string of the molecule is Cc1ccc(/C=C/C(=O)O[C@H](C)C(=O)N(C)C2(C#N)CCCCC2)cc1. The number of rotatable bonds is 5. The van der Waals surface area contributed by atoms with E-state index in [0.717, 1.165) is 30.4 Å². The van der Waals surface area contributed by atoms with Gasteiger partial charge in [0, 0.05) is 13.1 Å². The molecule has 0 saturated heterocycles. The zero-order valence-corrected chi connectivity index (χ0v) is 15.7. The van der Waals surface area contributed by atoms with Crippen molar-refractivity contribution in [1.82, 2.24) is 4.90 Å². The molecule has 138 valence electrons. The topological polar surface area (TPSA) is 70.4 Å². The van der Waals surface area contributed by atoms with Gasteiger partial charge in [-0.25, -0.2) is 4.79 Å². The van der Waals surface area contributed by atoms with Crippen LogP contribution in [0.3, 0.4) is 0 Å². The van der Waals surface area contributed by atoms with Gasteiger partial charge in [0.2, 0.25) is 0 Å². The summed E-state index contributed by atoms with van der Waals surface area (Å²) in [6, 6.07) is 10.0. The van der Waals surface area contributed by atoms with Gasteiger partial charge in [0.15, 0.2) is 6.10 Å². The lowest BCUT2D eigenvalue weighted by molar-refractivity contribution is -0.157. The van der Waals surface area contributed by atoms with Gasteiger partial charge < -0.3 is 9.64 Å². The van der Waals surface area contributed by atoms with Crippen molar-refractivity contribution >= 4 is 18.0 Å². The van der Waals surface area contributed by atoms with Gasteiger partial charge in [0.1, 0.15) is 5.54 Å². The molecule has 1 atom stereocenters. The molecule has 5 heteroatoms. The van der Waals surface area contributed by atoms with Crippen LogP contribution in [-0.2, 0) is 14.3 Å². The molecule has 0 bridgehead atoms. The largest absolute Gasteiger partial charge is 0.449 e. The summed E-state index contributed by atoms with van der Waals surface area (Å²) in [4.78, 5) is 26.1. The van der Waals surface area contributed by atoms with E-state index in [2.05, 4.69) is 6.07 Å². The molecule has 1 amide bonds. The van der Waals surface area contributed by atoms with Crippen LogP contribution in [0.2, 0.25) is 0 Å². The number of ether oxygens (including phenoxy) is 1. The highest BCUT2D eigenvalue weighted by Gasteiger charge is 2.40. The van der Waals surface area contributed by atoms with Crippen LogP contribution in [0, 0.1) is 18.3 Å². The summed E-state index contributed by atoms with van der Waals surface area (Å²) in [6.07, 6.45) is 6.31. The van der Waals surface area contributed by atoms with E-state index in [1.807, 2.05) is 31.2 Å². The fourth-order valence-electron chi connectivity index (χ4n) is 3.25. The van der Waals surface area contributed by atoms with E-state index < -0.39 is 17.6 Å². The molecule has 1 aliphatic rings. The van der Waals surface area contributed by atoms with E-state index in [-0.39, 0.29) is 5.91 Å². The summed E-state index contributed by atoms with van der Waals surface area (Å²) in [5, 5.41) is 9.59. The maximum Gasteiger partial charge on any atom is 0.331 e. The normalized spacial score (nSPS) is 17.3. The Bertz CT molecular complexity index is 710. The third-order valence-corrected chi connectivity index (χ3v) is 4.99. The van der Waals surface area contributed by atoms with E-state index in [1.54, 1.807) is 20.0 Å². The maximum atomic E-state index is 12.6. The minimum atomic E-state index is -0.928. The zero-order chi connectivity index (χ0) is 19.2. The first-order valence-electron chi connectivity index (χ1n) is 9.02. The lowest BCUT2D eigenvalue weighted by Crippen LogP contribution is -2.53. The molecule has 1 aromatic carbocycles. The average molecular weight is 354 g/mol. The summed E-state index contributed by atoms with van der Waals surface area (Å²) in [7, 11) is 1.63. The van der Waals surface area contributed by atoms with Crippen LogP contribution in [0.15, 0.2) is 30.3 Å². The summed E-state index contributed by atoms with van der Waals surface area (Å²) < 4.78 is 5.23. The quantitative estimate of drug-likeness (QED) is 0.598. The maximum absolute atomic E-state index is 12.6. The number of nitriles is 1. The summed E-state index contributed by atoms with van der Waals surface area (Å²) in [5.41, 5.74) is 1.24. The van der Waals surface area contributed by atoms with Crippen molar-refractivity contribution < 1.29 is 14.3 Å². The molecule has 0 aromatic heterocycles. The minimum Gasteiger partial charge on any atom is -0.449 e. The smallest absolute Gasteiger partial charge is 0.331 e. The van der Waals surface area contributed by atoms with E-state index in [4.69, 9.17) is 4.74 Å². The number of benzene rings is 1. The molecule has 0 N–H and O–H groups in total. The second kappa shape index (κ2) is 8.66. The second-order valence-corrected chi connectivity index (χ2v) is 6.92. The van der Waals surface area contributed by atoms with Gasteiger partial charge in [-0.1, -0.05) is 49.1 Å². The van der Waals surface area contributed by atoms with Crippen molar-refractivity contribution in [3.63, 3.8) is 0 Å². The highest BCUT2D eigenvalue weighted by atomic mass is 16.5. The molecule has 0 spiro atoms. The number of aryl methyl sites for hydroxylation is 1. The number of amides is 1. The first-order valence-corrected chi connectivity index (χ1v) is 9.02. The molecule has 0 heterocycles. The monoisotopic (exact) mass is 354 g/mol.